The van der Waals surface area contributed by atoms with Crippen molar-refractivity contribution in [1.82, 2.24) is 4.90 Å². The highest BCUT2D eigenvalue weighted by molar-refractivity contribution is 9.12. The molecule has 1 N–H and O–H groups in total. The number of rotatable bonds is 5. The number of carboxylic acids is 1. The number of fused-ring (bicyclic) bond motifs is 5. The van der Waals surface area contributed by atoms with Gasteiger partial charge < -0.3 is 5.11 Å². The van der Waals surface area contributed by atoms with E-state index in [2.05, 4.69) is 31.9 Å². The van der Waals surface area contributed by atoms with Crippen LogP contribution < -0.4 is 0 Å². The van der Waals surface area contributed by atoms with Crippen LogP contribution in [-0.2, 0) is 14.4 Å². The Hall–Kier alpha value is -0.430. The summed E-state index contributed by atoms with van der Waals surface area (Å²) < 4.78 is 0. The molecule has 1 aliphatic heterocycles. The van der Waals surface area contributed by atoms with Crippen molar-refractivity contribution in [2.75, 3.05) is 0 Å². The molecule has 5 nitrogen and oxygen atoms in total. The van der Waals surface area contributed by atoms with Gasteiger partial charge in [-0.05, 0) is 24.7 Å². The molecule has 1 saturated heterocycles. The van der Waals surface area contributed by atoms with Crippen LogP contribution in [0.1, 0.15) is 32.6 Å². The van der Waals surface area contributed by atoms with Crippen LogP contribution in [0.4, 0.5) is 0 Å². The fraction of sp³-hybridized carbons (Fsp3) is 0.800. The number of unbranched alkanes of at least 4 members (excludes halogenated alkanes) is 1. The van der Waals surface area contributed by atoms with Gasteiger partial charge in [-0.2, -0.15) is 0 Å². The lowest BCUT2D eigenvalue weighted by Crippen LogP contribution is -2.46. The van der Waals surface area contributed by atoms with E-state index in [4.69, 9.17) is 0 Å². The Morgan fingerprint density at radius 3 is 2.14 bits per heavy atom. The number of halogens is 2. The van der Waals surface area contributed by atoms with Crippen LogP contribution in [0.15, 0.2) is 0 Å². The lowest BCUT2D eigenvalue weighted by atomic mass is 9.81. The number of imide groups is 1. The van der Waals surface area contributed by atoms with Crippen LogP contribution in [-0.4, -0.2) is 43.5 Å². The second-order valence-electron chi connectivity index (χ2n) is 6.55. The van der Waals surface area contributed by atoms with E-state index < -0.39 is 12.0 Å². The zero-order valence-corrected chi connectivity index (χ0v) is 15.4. The van der Waals surface area contributed by atoms with Gasteiger partial charge in [-0.15, -0.1) is 0 Å². The van der Waals surface area contributed by atoms with Gasteiger partial charge in [0.05, 0.1) is 11.8 Å². The summed E-state index contributed by atoms with van der Waals surface area (Å²) in [7, 11) is 0. The molecule has 2 aliphatic carbocycles. The van der Waals surface area contributed by atoms with Gasteiger partial charge in [-0.3, -0.25) is 14.5 Å². The monoisotopic (exact) mass is 435 g/mol. The highest BCUT2D eigenvalue weighted by atomic mass is 79.9. The molecule has 2 saturated carbocycles. The first-order chi connectivity index (χ1) is 10.4. The van der Waals surface area contributed by atoms with Crippen LogP contribution in [0, 0.1) is 23.7 Å². The molecule has 7 heteroatoms. The summed E-state index contributed by atoms with van der Waals surface area (Å²) in [5.74, 6) is -2.03. The first-order valence-corrected chi connectivity index (χ1v) is 9.61. The summed E-state index contributed by atoms with van der Waals surface area (Å²) in [4.78, 5) is 38.5. The molecule has 3 fully saturated rings. The molecule has 0 aromatic heterocycles. The maximum absolute atomic E-state index is 12.8. The Labute approximate surface area is 146 Å². The summed E-state index contributed by atoms with van der Waals surface area (Å²) in [6.07, 6.45) is 2.73. The van der Waals surface area contributed by atoms with Gasteiger partial charge in [0, 0.05) is 9.65 Å². The summed E-state index contributed by atoms with van der Waals surface area (Å²) >= 11 is 7.25. The van der Waals surface area contributed by atoms with Crippen molar-refractivity contribution in [2.45, 2.75) is 48.3 Å². The Bertz CT molecular complexity index is 494. The summed E-state index contributed by atoms with van der Waals surface area (Å²) in [5.41, 5.74) is 0. The minimum absolute atomic E-state index is 0.126. The summed E-state index contributed by atoms with van der Waals surface area (Å²) in [6, 6.07) is -1.01. The Balaban J connectivity index is 1.88. The van der Waals surface area contributed by atoms with Crippen LogP contribution in [0.25, 0.3) is 0 Å². The van der Waals surface area contributed by atoms with Crippen LogP contribution in [0.2, 0.25) is 0 Å². The van der Waals surface area contributed by atoms with Crippen molar-refractivity contribution in [2.24, 2.45) is 23.7 Å². The number of hydrogen-bond acceptors (Lipinski definition) is 3. The van der Waals surface area contributed by atoms with Gasteiger partial charge in [0.25, 0.3) is 0 Å². The average Bonchev–Trinajstić information content (AvgIpc) is 3.06. The van der Waals surface area contributed by atoms with Gasteiger partial charge in [0.2, 0.25) is 11.8 Å². The molecular formula is C15H19Br2NO4. The Kier molecular flexibility index (Phi) is 4.40. The third kappa shape index (κ3) is 2.19. The van der Waals surface area contributed by atoms with Crippen LogP contribution in [0.5, 0.6) is 0 Å². The fourth-order valence-corrected chi connectivity index (χ4v) is 6.31. The number of aliphatic carboxylic acids is 1. The van der Waals surface area contributed by atoms with Crippen LogP contribution in [0.3, 0.4) is 0 Å². The zero-order valence-electron chi connectivity index (χ0n) is 12.2. The van der Waals surface area contributed by atoms with Gasteiger partial charge in [0.15, 0.2) is 0 Å². The molecule has 0 aromatic rings. The lowest BCUT2D eigenvalue weighted by Gasteiger charge is -2.28. The van der Waals surface area contributed by atoms with Crippen molar-refractivity contribution in [3.63, 3.8) is 0 Å². The predicted molar refractivity (Wildman–Crippen MR) is 86.8 cm³/mol. The number of carboxylic acid groups (broad SMARTS) is 1. The standard InChI is InChI=1S/C15H19Br2NO4/c1-2-3-4-8(15(21)22)18-13(19)9-6-5-7(10(9)14(18)20)12(17)11(6)16/h6-12H,2-5H2,1H3,(H,21,22)/t6-,7-,8-,9-,10-,11+,12+/m1/s1. The maximum atomic E-state index is 12.8. The van der Waals surface area contributed by atoms with E-state index in [9.17, 15) is 19.5 Å². The molecule has 2 bridgehead atoms. The first kappa shape index (κ1) is 16.4. The summed E-state index contributed by atoms with van der Waals surface area (Å²) in [6.45, 7) is 1.96. The van der Waals surface area contributed by atoms with E-state index in [1.807, 2.05) is 6.92 Å². The maximum Gasteiger partial charge on any atom is 0.326 e. The number of carbonyl (C=O) groups excluding carboxylic acids is 2. The van der Waals surface area contributed by atoms with E-state index >= 15 is 0 Å². The third-order valence-corrected chi connectivity index (χ3v) is 8.66. The molecule has 2 amide bonds. The number of likely N-dealkylation sites (tertiary alicyclic amines) is 1. The molecule has 1 heterocycles. The largest absolute Gasteiger partial charge is 0.480 e. The number of alkyl halides is 2. The smallest absolute Gasteiger partial charge is 0.326 e. The van der Waals surface area contributed by atoms with Gasteiger partial charge in [-0.1, -0.05) is 51.6 Å². The quantitative estimate of drug-likeness (QED) is 0.530. The minimum atomic E-state index is -1.08. The van der Waals surface area contributed by atoms with E-state index in [1.54, 1.807) is 0 Å². The van der Waals surface area contributed by atoms with Crippen molar-refractivity contribution in [1.29, 1.82) is 0 Å². The second-order valence-corrected chi connectivity index (χ2v) is 8.66. The zero-order chi connectivity index (χ0) is 16.2. The summed E-state index contributed by atoms with van der Waals surface area (Å²) in [5, 5.41) is 9.45. The van der Waals surface area contributed by atoms with E-state index in [1.165, 1.54) is 0 Å². The van der Waals surface area contributed by atoms with Gasteiger partial charge in [0.1, 0.15) is 6.04 Å². The molecule has 122 valence electrons. The SMILES string of the molecule is CCCC[C@H](C(=O)O)N1C(=O)[C@@H]2[C@H]3C[C@@H]([C@H](Br)[C@H]3Br)[C@H]2C1=O. The van der Waals surface area contributed by atoms with E-state index in [0.29, 0.717) is 12.8 Å². The lowest BCUT2D eigenvalue weighted by molar-refractivity contribution is -0.155. The van der Waals surface area contributed by atoms with Crippen molar-refractivity contribution in [3.8, 4) is 0 Å². The highest BCUT2D eigenvalue weighted by Gasteiger charge is 2.67. The molecule has 3 aliphatic rings. The fourth-order valence-electron chi connectivity index (χ4n) is 4.44. The normalized spacial score (nSPS) is 41.1. The molecular weight excluding hydrogens is 418 g/mol. The van der Waals surface area contributed by atoms with Crippen molar-refractivity contribution < 1.29 is 19.5 Å². The number of carbonyl (C=O) groups is 3. The minimum Gasteiger partial charge on any atom is -0.480 e. The van der Waals surface area contributed by atoms with Crippen LogP contribution >= 0.6 is 31.9 Å². The predicted octanol–water partition coefficient (Wildman–Crippen LogP) is 2.41. The van der Waals surface area contributed by atoms with Gasteiger partial charge >= 0.3 is 5.97 Å². The molecule has 3 rings (SSSR count). The Morgan fingerprint density at radius 2 is 1.73 bits per heavy atom. The van der Waals surface area contributed by atoms with Crippen molar-refractivity contribution >= 4 is 49.6 Å². The van der Waals surface area contributed by atoms with E-state index in [0.717, 1.165) is 17.7 Å². The van der Waals surface area contributed by atoms with E-state index in [-0.39, 0.29) is 45.1 Å². The first-order valence-electron chi connectivity index (χ1n) is 7.78. The molecule has 0 spiro atoms. The Morgan fingerprint density at radius 1 is 1.23 bits per heavy atom. The molecule has 0 aromatic carbocycles. The average molecular weight is 437 g/mol. The molecule has 7 atom stereocenters. The highest BCUT2D eigenvalue weighted by Crippen LogP contribution is 2.60. The molecule has 22 heavy (non-hydrogen) atoms. The molecule has 0 radical (unpaired) electrons. The van der Waals surface area contributed by atoms with Gasteiger partial charge in [-0.25, -0.2) is 4.79 Å². The number of hydrogen-bond donors (Lipinski definition) is 1. The number of amides is 2. The number of nitrogens with zero attached hydrogens (tertiary/aromatic N) is 1. The topological polar surface area (TPSA) is 74.7 Å². The third-order valence-electron chi connectivity index (χ3n) is 5.45. The van der Waals surface area contributed by atoms with Crippen molar-refractivity contribution in [3.05, 3.63) is 0 Å². The molecule has 0 unspecified atom stereocenters. The second kappa shape index (κ2) is 5.89.